The Kier molecular flexibility index (Phi) is 4.44. The van der Waals surface area contributed by atoms with Crippen molar-refractivity contribution in [2.75, 3.05) is 12.8 Å². The molecule has 0 spiro atoms. The van der Waals surface area contributed by atoms with Crippen molar-refractivity contribution in [3.8, 4) is 5.75 Å². The van der Waals surface area contributed by atoms with Gasteiger partial charge >= 0.3 is 12.1 Å². The van der Waals surface area contributed by atoms with Crippen LogP contribution in [0.15, 0.2) is 12.1 Å². The first-order valence-corrected chi connectivity index (χ1v) is 6.98. The summed E-state index contributed by atoms with van der Waals surface area (Å²) < 4.78 is 9.95. The average Bonchev–Trinajstić information content (AvgIpc) is 2.45. The maximum atomic E-state index is 12.2. The third-order valence-corrected chi connectivity index (χ3v) is 3.52. The van der Waals surface area contributed by atoms with Gasteiger partial charge in [-0.25, -0.2) is 9.59 Å². The number of rotatable bonds is 2. The molecule has 3 N–H and O–H groups in total. The van der Waals surface area contributed by atoms with Crippen molar-refractivity contribution in [2.45, 2.75) is 39.0 Å². The zero-order valence-corrected chi connectivity index (χ0v) is 12.8. The molecule has 1 aliphatic heterocycles. The summed E-state index contributed by atoms with van der Waals surface area (Å²) in [4.78, 5) is 25.5. The number of esters is 1. The fraction of sp³-hybridized carbons (Fsp3) is 0.467. The Bertz CT molecular complexity index is 600. The Morgan fingerprint density at radius 1 is 1.36 bits per heavy atom. The number of anilines is 1. The Morgan fingerprint density at radius 2 is 2.05 bits per heavy atom. The fourth-order valence-electron chi connectivity index (χ4n) is 2.45. The number of fused-ring (bicyclic) bond motifs is 1. The highest BCUT2D eigenvalue weighted by Gasteiger charge is 2.37. The van der Waals surface area contributed by atoms with Gasteiger partial charge in [-0.15, -0.1) is 0 Å². The molecule has 1 amide bonds. The van der Waals surface area contributed by atoms with Gasteiger partial charge in [0.15, 0.2) is 0 Å². The third-order valence-electron chi connectivity index (χ3n) is 3.52. The van der Waals surface area contributed by atoms with Crippen molar-refractivity contribution < 1.29 is 24.2 Å². The molecule has 7 nitrogen and oxygen atoms in total. The van der Waals surface area contributed by atoms with Gasteiger partial charge in [0, 0.05) is 6.42 Å². The second-order valence-corrected chi connectivity index (χ2v) is 5.48. The van der Waals surface area contributed by atoms with Crippen LogP contribution in [0, 0.1) is 0 Å². The standard InChI is InChI=1S/C15H20N2O5/c1-8(2)22-15(20)17-7-10-6-13(18)11(16)4-9(10)5-12(17)14(19)21-3/h4,6,8,12,18H,5,7,16H2,1-3H3/t12-/m0/s1. The molecule has 0 radical (unpaired) electrons. The lowest BCUT2D eigenvalue weighted by Gasteiger charge is -2.35. The molecule has 0 aliphatic carbocycles. The van der Waals surface area contributed by atoms with Gasteiger partial charge in [-0.05, 0) is 37.1 Å². The third kappa shape index (κ3) is 3.08. The minimum atomic E-state index is -0.771. The molecule has 0 unspecified atom stereocenters. The summed E-state index contributed by atoms with van der Waals surface area (Å²) in [7, 11) is 1.27. The molecule has 2 rings (SSSR count). The topological polar surface area (TPSA) is 102 Å². The van der Waals surface area contributed by atoms with Crippen molar-refractivity contribution in [1.82, 2.24) is 4.90 Å². The van der Waals surface area contributed by atoms with Crippen molar-refractivity contribution in [1.29, 1.82) is 0 Å². The van der Waals surface area contributed by atoms with Crippen LogP contribution in [0.25, 0.3) is 0 Å². The van der Waals surface area contributed by atoms with Gasteiger partial charge in [-0.2, -0.15) is 0 Å². The lowest BCUT2D eigenvalue weighted by molar-refractivity contribution is -0.147. The number of benzene rings is 1. The molecule has 1 aliphatic rings. The van der Waals surface area contributed by atoms with Gasteiger partial charge in [-0.3, -0.25) is 4.90 Å². The Labute approximate surface area is 128 Å². The molecule has 120 valence electrons. The van der Waals surface area contributed by atoms with E-state index >= 15 is 0 Å². The molecule has 1 atom stereocenters. The summed E-state index contributed by atoms with van der Waals surface area (Å²) in [5.74, 6) is -0.564. The lowest BCUT2D eigenvalue weighted by atomic mass is 9.93. The van der Waals surface area contributed by atoms with E-state index in [4.69, 9.17) is 15.2 Å². The molecule has 0 saturated heterocycles. The monoisotopic (exact) mass is 308 g/mol. The quantitative estimate of drug-likeness (QED) is 0.486. The fourth-order valence-corrected chi connectivity index (χ4v) is 2.45. The molecule has 1 heterocycles. The number of nitrogens with zero attached hydrogens (tertiary/aromatic N) is 1. The number of phenols is 1. The summed E-state index contributed by atoms with van der Waals surface area (Å²) in [5, 5.41) is 9.72. The molecular weight excluding hydrogens is 288 g/mol. The number of carbonyl (C=O) groups is 2. The van der Waals surface area contributed by atoms with E-state index in [2.05, 4.69) is 0 Å². The molecule has 0 fully saturated rings. The predicted octanol–water partition coefficient (Wildman–Crippen LogP) is 1.42. The number of aromatic hydroxyl groups is 1. The summed E-state index contributed by atoms with van der Waals surface area (Å²) in [6.07, 6.45) is -0.626. The number of nitrogens with two attached hydrogens (primary N) is 1. The Morgan fingerprint density at radius 3 is 2.64 bits per heavy atom. The molecule has 0 saturated carbocycles. The summed E-state index contributed by atoms with van der Waals surface area (Å²) in [5.41, 5.74) is 7.46. The average molecular weight is 308 g/mol. The summed E-state index contributed by atoms with van der Waals surface area (Å²) >= 11 is 0. The number of hydrogen-bond acceptors (Lipinski definition) is 6. The van der Waals surface area contributed by atoms with Gasteiger partial charge in [0.2, 0.25) is 0 Å². The number of nitrogen functional groups attached to an aromatic ring is 1. The normalized spacial score (nSPS) is 17.1. The number of methoxy groups -OCH3 is 1. The first-order chi connectivity index (χ1) is 10.3. The van der Waals surface area contributed by atoms with Crippen molar-refractivity contribution in [2.24, 2.45) is 0 Å². The van der Waals surface area contributed by atoms with E-state index < -0.39 is 18.1 Å². The van der Waals surface area contributed by atoms with Gasteiger partial charge in [0.05, 0.1) is 25.4 Å². The second kappa shape index (κ2) is 6.13. The van der Waals surface area contributed by atoms with Crippen LogP contribution in [0.2, 0.25) is 0 Å². The molecule has 1 aromatic rings. The summed E-state index contributed by atoms with van der Waals surface area (Å²) in [6.45, 7) is 3.61. The Balaban J connectivity index is 2.36. The van der Waals surface area contributed by atoms with E-state index in [-0.39, 0.29) is 30.5 Å². The largest absolute Gasteiger partial charge is 0.506 e. The van der Waals surface area contributed by atoms with E-state index in [1.165, 1.54) is 18.1 Å². The van der Waals surface area contributed by atoms with E-state index in [9.17, 15) is 14.7 Å². The van der Waals surface area contributed by atoms with Crippen LogP contribution in [0.1, 0.15) is 25.0 Å². The predicted molar refractivity (Wildman–Crippen MR) is 79.2 cm³/mol. The van der Waals surface area contributed by atoms with Gasteiger partial charge in [0.25, 0.3) is 0 Å². The molecule has 7 heteroatoms. The van der Waals surface area contributed by atoms with Crippen LogP contribution < -0.4 is 5.73 Å². The SMILES string of the molecule is COC(=O)[C@@H]1Cc2cc(N)c(O)cc2CN1C(=O)OC(C)C. The molecule has 0 aromatic heterocycles. The number of hydrogen-bond donors (Lipinski definition) is 2. The first kappa shape index (κ1) is 15.9. The number of amides is 1. The number of phenolic OH excluding ortho intramolecular Hbond substituents is 1. The van der Waals surface area contributed by atoms with Crippen molar-refractivity contribution in [3.05, 3.63) is 23.3 Å². The highest BCUT2D eigenvalue weighted by molar-refractivity contribution is 5.82. The molecular formula is C15H20N2O5. The van der Waals surface area contributed by atoms with E-state index in [1.807, 2.05) is 0 Å². The zero-order chi connectivity index (χ0) is 16.4. The van der Waals surface area contributed by atoms with Crippen LogP contribution >= 0.6 is 0 Å². The molecule has 22 heavy (non-hydrogen) atoms. The van der Waals surface area contributed by atoms with Gasteiger partial charge < -0.3 is 20.3 Å². The number of carbonyl (C=O) groups excluding carboxylic acids is 2. The van der Waals surface area contributed by atoms with Crippen LogP contribution in [0.3, 0.4) is 0 Å². The molecule has 1 aromatic carbocycles. The Hall–Kier alpha value is -2.44. The van der Waals surface area contributed by atoms with Crippen molar-refractivity contribution >= 4 is 17.7 Å². The van der Waals surface area contributed by atoms with Crippen LogP contribution in [0.4, 0.5) is 10.5 Å². The van der Waals surface area contributed by atoms with Gasteiger partial charge in [0.1, 0.15) is 11.8 Å². The minimum Gasteiger partial charge on any atom is -0.506 e. The van der Waals surface area contributed by atoms with E-state index in [0.717, 1.165) is 11.1 Å². The smallest absolute Gasteiger partial charge is 0.411 e. The number of ether oxygens (including phenoxy) is 2. The minimum absolute atomic E-state index is 0.0487. The highest BCUT2D eigenvalue weighted by atomic mass is 16.6. The van der Waals surface area contributed by atoms with Crippen LogP contribution in [-0.4, -0.2) is 41.3 Å². The summed E-state index contributed by atoms with van der Waals surface area (Å²) in [6, 6.07) is 2.35. The van der Waals surface area contributed by atoms with Gasteiger partial charge in [-0.1, -0.05) is 0 Å². The highest BCUT2D eigenvalue weighted by Crippen LogP contribution is 2.31. The van der Waals surface area contributed by atoms with E-state index in [1.54, 1.807) is 19.9 Å². The molecule has 0 bridgehead atoms. The van der Waals surface area contributed by atoms with E-state index in [0.29, 0.717) is 0 Å². The van der Waals surface area contributed by atoms with Crippen molar-refractivity contribution in [3.63, 3.8) is 0 Å². The maximum Gasteiger partial charge on any atom is 0.411 e. The maximum absolute atomic E-state index is 12.2. The zero-order valence-electron chi connectivity index (χ0n) is 12.8. The van der Waals surface area contributed by atoms with Crippen LogP contribution in [0.5, 0.6) is 5.75 Å². The first-order valence-electron chi connectivity index (χ1n) is 6.98. The lowest BCUT2D eigenvalue weighted by Crippen LogP contribution is -2.49. The van der Waals surface area contributed by atoms with Crippen LogP contribution in [-0.2, 0) is 27.2 Å². The second-order valence-electron chi connectivity index (χ2n) is 5.48.